The Balaban J connectivity index is 2.65. The minimum absolute atomic E-state index is 0.708. The maximum atomic E-state index is 3.76. The summed E-state index contributed by atoms with van der Waals surface area (Å²) < 4.78 is 0. The average molecular weight is 268 g/mol. The number of rotatable bonds is 7. The van der Waals surface area contributed by atoms with Crippen molar-refractivity contribution in [3.63, 3.8) is 0 Å². The van der Waals surface area contributed by atoms with Gasteiger partial charge in [0, 0.05) is 31.2 Å². The monoisotopic (exact) mass is 268 g/mol. The lowest BCUT2D eigenvalue weighted by Gasteiger charge is -2.46. The Kier molecular flexibility index (Phi) is 7.38. The Hall–Kier alpha value is -0.0800. The lowest BCUT2D eigenvalue weighted by atomic mass is 9.92. The van der Waals surface area contributed by atoms with E-state index in [1.54, 1.807) is 0 Å². The molecule has 0 radical (unpaired) electrons. The number of hydrogen-bond donors (Lipinski definition) is 1. The Morgan fingerprint density at radius 3 is 2.37 bits per heavy atom. The maximum Gasteiger partial charge on any atom is 0.0247 e. The van der Waals surface area contributed by atoms with E-state index in [0.29, 0.717) is 12.1 Å². The minimum atomic E-state index is 0.708. The number of hydrogen-bond acceptors (Lipinski definition) is 2. The first kappa shape index (κ1) is 17.0. The van der Waals surface area contributed by atoms with Crippen molar-refractivity contribution in [3.05, 3.63) is 0 Å². The van der Waals surface area contributed by atoms with Crippen LogP contribution >= 0.6 is 0 Å². The largest absolute Gasteiger partial charge is 0.311 e. The molecule has 1 heterocycles. The van der Waals surface area contributed by atoms with Crippen LogP contribution in [-0.2, 0) is 0 Å². The molecule has 19 heavy (non-hydrogen) atoms. The van der Waals surface area contributed by atoms with Gasteiger partial charge in [0.05, 0.1) is 0 Å². The molecule has 0 spiro atoms. The number of nitrogens with one attached hydrogen (secondary N) is 1. The van der Waals surface area contributed by atoms with Crippen LogP contribution in [0.4, 0.5) is 0 Å². The summed E-state index contributed by atoms with van der Waals surface area (Å²) in [5.41, 5.74) is 0. The van der Waals surface area contributed by atoms with Gasteiger partial charge in [-0.05, 0) is 31.6 Å². The first-order valence-corrected chi connectivity index (χ1v) is 8.48. The van der Waals surface area contributed by atoms with Crippen molar-refractivity contribution in [1.82, 2.24) is 10.2 Å². The second-order valence-corrected chi connectivity index (χ2v) is 7.00. The van der Waals surface area contributed by atoms with Crippen LogP contribution in [-0.4, -0.2) is 36.1 Å². The third kappa shape index (κ3) is 5.07. The molecule has 114 valence electrons. The first-order chi connectivity index (χ1) is 8.99. The van der Waals surface area contributed by atoms with Crippen molar-refractivity contribution >= 4 is 0 Å². The van der Waals surface area contributed by atoms with E-state index >= 15 is 0 Å². The molecule has 4 atom stereocenters. The molecule has 1 fully saturated rings. The standard InChI is InChI=1S/C17H36N2/c1-7-9-16-12-19(15(6)10-14(5)8-2)17(11-18-16)13(3)4/h13-18H,7-12H2,1-6H3. The SMILES string of the molecule is CCCC1CN(C(C)CC(C)CC)C(C(C)C)CN1. The van der Waals surface area contributed by atoms with E-state index in [4.69, 9.17) is 0 Å². The van der Waals surface area contributed by atoms with Crippen LogP contribution < -0.4 is 5.32 Å². The van der Waals surface area contributed by atoms with Gasteiger partial charge in [-0.25, -0.2) is 0 Å². The zero-order chi connectivity index (χ0) is 14.4. The fourth-order valence-electron chi connectivity index (χ4n) is 3.41. The molecule has 1 aliphatic rings. The number of piperazine rings is 1. The summed E-state index contributed by atoms with van der Waals surface area (Å²) in [6.07, 6.45) is 5.26. The van der Waals surface area contributed by atoms with Crippen LogP contribution in [0.3, 0.4) is 0 Å². The van der Waals surface area contributed by atoms with Gasteiger partial charge in [-0.2, -0.15) is 0 Å². The summed E-state index contributed by atoms with van der Waals surface area (Å²) in [5, 5.41) is 3.76. The quantitative estimate of drug-likeness (QED) is 0.753. The summed E-state index contributed by atoms with van der Waals surface area (Å²) in [6.45, 7) is 16.6. The predicted molar refractivity (Wildman–Crippen MR) is 85.6 cm³/mol. The summed E-state index contributed by atoms with van der Waals surface area (Å²) in [4.78, 5) is 2.80. The lowest BCUT2D eigenvalue weighted by molar-refractivity contribution is 0.0508. The van der Waals surface area contributed by atoms with Crippen molar-refractivity contribution in [2.75, 3.05) is 13.1 Å². The Morgan fingerprint density at radius 1 is 1.16 bits per heavy atom. The third-order valence-electron chi connectivity index (χ3n) is 4.89. The van der Waals surface area contributed by atoms with Gasteiger partial charge in [-0.15, -0.1) is 0 Å². The van der Waals surface area contributed by atoms with Gasteiger partial charge < -0.3 is 5.32 Å². The Labute approximate surface area is 121 Å². The Morgan fingerprint density at radius 2 is 1.84 bits per heavy atom. The van der Waals surface area contributed by atoms with Gasteiger partial charge in [0.25, 0.3) is 0 Å². The van der Waals surface area contributed by atoms with E-state index in [9.17, 15) is 0 Å². The van der Waals surface area contributed by atoms with E-state index in [-0.39, 0.29) is 0 Å². The molecule has 0 aliphatic carbocycles. The second kappa shape index (κ2) is 8.26. The van der Waals surface area contributed by atoms with Gasteiger partial charge >= 0.3 is 0 Å². The van der Waals surface area contributed by atoms with Crippen molar-refractivity contribution in [1.29, 1.82) is 0 Å². The zero-order valence-electron chi connectivity index (χ0n) is 14.1. The molecule has 4 unspecified atom stereocenters. The van der Waals surface area contributed by atoms with Crippen molar-refractivity contribution in [3.8, 4) is 0 Å². The van der Waals surface area contributed by atoms with Crippen LogP contribution in [0.2, 0.25) is 0 Å². The van der Waals surface area contributed by atoms with Crippen molar-refractivity contribution in [2.24, 2.45) is 11.8 Å². The van der Waals surface area contributed by atoms with Crippen molar-refractivity contribution in [2.45, 2.75) is 85.4 Å². The van der Waals surface area contributed by atoms with Crippen molar-refractivity contribution < 1.29 is 0 Å². The fourth-order valence-corrected chi connectivity index (χ4v) is 3.41. The molecule has 1 N–H and O–H groups in total. The van der Waals surface area contributed by atoms with Gasteiger partial charge in [-0.1, -0.05) is 47.5 Å². The summed E-state index contributed by atoms with van der Waals surface area (Å²) in [5.74, 6) is 1.59. The van der Waals surface area contributed by atoms with E-state index < -0.39 is 0 Å². The molecule has 2 nitrogen and oxygen atoms in total. The van der Waals surface area contributed by atoms with E-state index in [0.717, 1.165) is 17.9 Å². The average Bonchev–Trinajstić information content (AvgIpc) is 2.38. The van der Waals surface area contributed by atoms with E-state index in [2.05, 4.69) is 51.8 Å². The molecule has 0 aromatic rings. The highest BCUT2D eigenvalue weighted by atomic mass is 15.3. The zero-order valence-corrected chi connectivity index (χ0v) is 14.1. The normalized spacial score (nSPS) is 28.6. The molecular weight excluding hydrogens is 232 g/mol. The Bertz CT molecular complexity index is 239. The molecule has 0 aromatic carbocycles. The summed E-state index contributed by atoms with van der Waals surface area (Å²) in [7, 11) is 0. The molecule has 0 saturated carbocycles. The maximum absolute atomic E-state index is 3.76. The van der Waals surface area contributed by atoms with Gasteiger partial charge in [-0.3, -0.25) is 4.90 Å². The second-order valence-electron chi connectivity index (χ2n) is 7.00. The van der Waals surface area contributed by atoms with Crippen LogP contribution in [0.5, 0.6) is 0 Å². The highest BCUT2D eigenvalue weighted by Gasteiger charge is 2.32. The van der Waals surface area contributed by atoms with Crippen LogP contribution in [0, 0.1) is 11.8 Å². The molecule has 1 saturated heterocycles. The minimum Gasteiger partial charge on any atom is -0.311 e. The lowest BCUT2D eigenvalue weighted by Crippen LogP contribution is -2.60. The molecule has 2 heteroatoms. The van der Waals surface area contributed by atoms with E-state index in [1.165, 1.54) is 38.8 Å². The highest BCUT2D eigenvalue weighted by molar-refractivity contribution is 4.90. The van der Waals surface area contributed by atoms with Gasteiger partial charge in [0.15, 0.2) is 0 Å². The first-order valence-electron chi connectivity index (χ1n) is 8.48. The summed E-state index contributed by atoms with van der Waals surface area (Å²) in [6, 6.07) is 2.15. The van der Waals surface area contributed by atoms with E-state index in [1.807, 2.05) is 0 Å². The molecule has 0 bridgehead atoms. The summed E-state index contributed by atoms with van der Waals surface area (Å²) >= 11 is 0. The molecular formula is C17H36N2. The smallest absolute Gasteiger partial charge is 0.0247 e. The molecule has 1 rings (SSSR count). The van der Waals surface area contributed by atoms with Crippen LogP contribution in [0.25, 0.3) is 0 Å². The topological polar surface area (TPSA) is 15.3 Å². The molecule has 1 aliphatic heterocycles. The highest BCUT2D eigenvalue weighted by Crippen LogP contribution is 2.23. The predicted octanol–water partition coefficient (Wildman–Crippen LogP) is 3.91. The molecule has 0 aromatic heterocycles. The van der Waals surface area contributed by atoms with Gasteiger partial charge in [0.2, 0.25) is 0 Å². The van der Waals surface area contributed by atoms with Crippen LogP contribution in [0.1, 0.15) is 67.2 Å². The fraction of sp³-hybridized carbons (Fsp3) is 1.00. The van der Waals surface area contributed by atoms with Gasteiger partial charge in [0.1, 0.15) is 0 Å². The number of nitrogens with zero attached hydrogens (tertiary/aromatic N) is 1. The van der Waals surface area contributed by atoms with Crippen LogP contribution in [0.15, 0.2) is 0 Å². The third-order valence-corrected chi connectivity index (χ3v) is 4.89. The molecule has 0 amide bonds.